The van der Waals surface area contributed by atoms with Crippen LogP contribution in [0.25, 0.3) is 0 Å². The molecule has 1 N–H and O–H groups in total. The number of rotatable bonds is 3. The predicted octanol–water partition coefficient (Wildman–Crippen LogP) is 2.61. The molecule has 0 aliphatic carbocycles. The van der Waals surface area contributed by atoms with Gasteiger partial charge in [-0.2, -0.15) is 0 Å². The summed E-state index contributed by atoms with van der Waals surface area (Å²) in [5, 5.41) is 2.46. The van der Waals surface area contributed by atoms with Crippen LogP contribution in [0.4, 0.5) is 10.6 Å². The van der Waals surface area contributed by atoms with Crippen LogP contribution in [0.15, 0.2) is 18.3 Å². The average Bonchev–Trinajstić information content (AvgIpc) is 2.27. The number of esters is 1. The smallest absolute Gasteiger partial charge is 0.413 e. The molecule has 6 heteroatoms. The van der Waals surface area contributed by atoms with E-state index in [-0.39, 0.29) is 12.4 Å². The number of aromatic nitrogens is 1. The fourth-order valence-electron chi connectivity index (χ4n) is 1.25. The molecule has 0 fully saturated rings. The summed E-state index contributed by atoms with van der Waals surface area (Å²) in [4.78, 5) is 27.0. The van der Waals surface area contributed by atoms with E-state index in [1.165, 1.54) is 18.3 Å². The fourth-order valence-corrected chi connectivity index (χ4v) is 1.25. The summed E-state index contributed by atoms with van der Waals surface area (Å²) in [7, 11) is 0. The lowest BCUT2D eigenvalue weighted by atomic mass is 10.2. The molecule has 0 spiro atoms. The number of hydrogen-bond acceptors (Lipinski definition) is 5. The lowest BCUT2D eigenvalue weighted by Crippen LogP contribution is -2.27. The Morgan fingerprint density at radius 2 is 2.05 bits per heavy atom. The van der Waals surface area contributed by atoms with Crippen molar-refractivity contribution in [2.75, 3.05) is 11.9 Å². The molecule has 6 nitrogen and oxygen atoms in total. The average molecular weight is 266 g/mol. The van der Waals surface area contributed by atoms with Gasteiger partial charge in [-0.05, 0) is 39.8 Å². The van der Waals surface area contributed by atoms with Gasteiger partial charge in [0.2, 0.25) is 0 Å². The third kappa shape index (κ3) is 5.37. The minimum atomic E-state index is -0.624. The molecule has 1 aromatic rings. The molecular weight excluding hydrogens is 248 g/mol. The molecule has 0 bridgehead atoms. The van der Waals surface area contributed by atoms with Crippen LogP contribution in [0.2, 0.25) is 0 Å². The van der Waals surface area contributed by atoms with Gasteiger partial charge in [-0.1, -0.05) is 0 Å². The van der Waals surface area contributed by atoms with Crippen LogP contribution >= 0.6 is 0 Å². The molecule has 0 aliphatic rings. The van der Waals surface area contributed by atoms with E-state index in [1.807, 2.05) is 0 Å². The van der Waals surface area contributed by atoms with Crippen molar-refractivity contribution in [3.8, 4) is 0 Å². The maximum atomic E-state index is 11.5. The molecule has 0 radical (unpaired) electrons. The standard InChI is InChI=1S/C13H18N2O4/c1-5-18-11(16)9-6-7-14-10(8-9)15-12(17)19-13(2,3)4/h6-8H,5H2,1-4H3,(H,14,15,17). The van der Waals surface area contributed by atoms with Gasteiger partial charge in [0.25, 0.3) is 0 Å². The second-order valence-electron chi connectivity index (χ2n) is 4.78. The molecule has 0 atom stereocenters. The van der Waals surface area contributed by atoms with Crippen LogP contribution in [0, 0.1) is 0 Å². The molecule has 0 saturated heterocycles. The van der Waals surface area contributed by atoms with Gasteiger partial charge in [0.15, 0.2) is 0 Å². The summed E-state index contributed by atoms with van der Waals surface area (Å²) in [5.41, 5.74) is -0.272. The zero-order chi connectivity index (χ0) is 14.5. The third-order valence-electron chi connectivity index (χ3n) is 1.90. The van der Waals surface area contributed by atoms with E-state index in [0.29, 0.717) is 5.56 Å². The third-order valence-corrected chi connectivity index (χ3v) is 1.90. The molecule has 1 heterocycles. The van der Waals surface area contributed by atoms with Crippen molar-refractivity contribution in [1.82, 2.24) is 4.98 Å². The van der Waals surface area contributed by atoms with Gasteiger partial charge in [0.05, 0.1) is 12.2 Å². The van der Waals surface area contributed by atoms with E-state index in [9.17, 15) is 9.59 Å². The summed E-state index contributed by atoms with van der Waals surface area (Å²) in [6, 6.07) is 2.94. The van der Waals surface area contributed by atoms with E-state index in [4.69, 9.17) is 9.47 Å². The number of carbonyl (C=O) groups excluding carboxylic acids is 2. The highest BCUT2D eigenvalue weighted by Gasteiger charge is 2.17. The van der Waals surface area contributed by atoms with Gasteiger partial charge in [-0.15, -0.1) is 0 Å². The van der Waals surface area contributed by atoms with Crippen LogP contribution in [0.1, 0.15) is 38.1 Å². The maximum absolute atomic E-state index is 11.5. The van der Waals surface area contributed by atoms with Gasteiger partial charge < -0.3 is 9.47 Å². The topological polar surface area (TPSA) is 77.5 Å². The van der Waals surface area contributed by atoms with Crippen molar-refractivity contribution in [3.63, 3.8) is 0 Å². The Labute approximate surface area is 112 Å². The Balaban J connectivity index is 2.72. The lowest BCUT2D eigenvalue weighted by molar-refractivity contribution is 0.0524. The van der Waals surface area contributed by atoms with Crippen molar-refractivity contribution in [2.24, 2.45) is 0 Å². The number of nitrogens with one attached hydrogen (secondary N) is 1. The zero-order valence-electron chi connectivity index (χ0n) is 11.5. The second-order valence-corrected chi connectivity index (χ2v) is 4.78. The van der Waals surface area contributed by atoms with Crippen molar-refractivity contribution in [2.45, 2.75) is 33.3 Å². The summed E-state index contributed by atoms with van der Waals surface area (Å²) >= 11 is 0. The Hall–Kier alpha value is -2.11. The minimum Gasteiger partial charge on any atom is -0.462 e. The Morgan fingerprint density at radius 1 is 1.37 bits per heavy atom. The molecule has 0 unspecified atom stereocenters. The number of amides is 1. The van der Waals surface area contributed by atoms with Crippen LogP contribution in [0.5, 0.6) is 0 Å². The second kappa shape index (κ2) is 6.17. The van der Waals surface area contributed by atoms with E-state index in [1.54, 1.807) is 27.7 Å². The molecular formula is C13H18N2O4. The highest BCUT2D eigenvalue weighted by Crippen LogP contribution is 2.11. The van der Waals surface area contributed by atoms with Crippen molar-refractivity contribution in [1.29, 1.82) is 0 Å². The molecule has 1 rings (SSSR count). The first-order valence-corrected chi connectivity index (χ1v) is 5.95. The Kier molecular flexibility index (Phi) is 4.86. The first-order valence-electron chi connectivity index (χ1n) is 5.95. The van der Waals surface area contributed by atoms with Crippen LogP contribution in [0.3, 0.4) is 0 Å². The van der Waals surface area contributed by atoms with E-state index in [2.05, 4.69) is 10.3 Å². The quantitative estimate of drug-likeness (QED) is 0.851. The number of nitrogens with zero attached hydrogens (tertiary/aromatic N) is 1. The van der Waals surface area contributed by atoms with Crippen LogP contribution in [-0.4, -0.2) is 29.3 Å². The number of pyridine rings is 1. The molecule has 19 heavy (non-hydrogen) atoms. The maximum Gasteiger partial charge on any atom is 0.413 e. The fraction of sp³-hybridized carbons (Fsp3) is 0.462. The highest BCUT2D eigenvalue weighted by atomic mass is 16.6. The lowest BCUT2D eigenvalue weighted by Gasteiger charge is -2.19. The summed E-state index contributed by atoms with van der Waals surface area (Å²) in [6.45, 7) is 7.29. The predicted molar refractivity (Wildman–Crippen MR) is 70.1 cm³/mol. The van der Waals surface area contributed by atoms with E-state index in [0.717, 1.165) is 0 Å². The van der Waals surface area contributed by atoms with Gasteiger partial charge in [0, 0.05) is 6.20 Å². The van der Waals surface area contributed by atoms with E-state index < -0.39 is 17.7 Å². The SMILES string of the molecule is CCOC(=O)c1ccnc(NC(=O)OC(C)(C)C)c1. The number of ether oxygens (including phenoxy) is 2. The summed E-state index contributed by atoms with van der Waals surface area (Å²) in [5.74, 6) is -0.225. The molecule has 1 aromatic heterocycles. The largest absolute Gasteiger partial charge is 0.462 e. The first kappa shape index (κ1) is 14.9. The summed E-state index contributed by atoms with van der Waals surface area (Å²) < 4.78 is 9.94. The molecule has 0 aliphatic heterocycles. The summed E-state index contributed by atoms with van der Waals surface area (Å²) in [6.07, 6.45) is 0.792. The molecule has 0 saturated carbocycles. The minimum absolute atomic E-state index is 0.236. The molecule has 1 amide bonds. The first-order chi connectivity index (χ1) is 8.81. The monoisotopic (exact) mass is 266 g/mol. The normalized spacial score (nSPS) is 10.7. The van der Waals surface area contributed by atoms with Crippen molar-refractivity contribution < 1.29 is 19.1 Å². The van der Waals surface area contributed by atoms with Crippen LogP contribution < -0.4 is 5.32 Å². The van der Waals surface area contributed by atoms with Gasteiger partial charge in [-0.25, -0.2) is 14.6 Å². The van der Waals surface area contributed by atoms with Gasteiger partial charge in [0.1, 0.15) is 11.4 Å². The highest BCUT2D eigenvalue weighted by molar-refractivity contribution is 5.91. The number of anilines is 1. The van der Waals surface area contributed by atoms with Crippen molar-refractivity contribution in [3.05, 3.63) is 23.9 Å². The zero-order valence-corrected chi connectivity index (χ0v) is 11.5. The number of hydrogen-bond donors (Lipinski definition) is 1. The van der Waals surface area contributed by atoms with E-state index >= 15 is 0 Å². The number of carbonyl (C=O) groups is 2. The van der Waals surface area contributed by atoms with Gasteiger partial charge in [-0.3, -0.25) is 5.32 Å². The van der Waals surface area contributed by atoms with Gasteiger partial charge >= 0.3 is 12.1 Å². The Bertz CT molecular complexity index is 466. The molecule has 104 valence electrons. The molecule has 0 aromatic carbocycles. The van der Waals surface area contributed by atoms with Crippen molar-refractivity contribution >= 4 is 17.9 Å². The Morgan fingerprint density at radius 3 is 2.63 bits per heavy atom. The van der Waals surface area contributed by atoms with Crippen LogP contribution in [-0.2, 0) is 9.47 Å².